The first kappa shape index (κ1) is 20.6. The summed E-state index contributed by atoms with van der Waals surface area (Å²) in [6.45, 7) is 2.59. The highest BCUT2D eigenvalue weighted by Gasteiger charge is 2.25. The molecule has 0 aliphatic rings. The third-order valence-corrected chi connectivity index (χ3v) is 4.95. The fourth-order valence-corrected chi connectivity index (χ4v) is 3.55. The summed E-state index contributed by atoms with van der Waals surface area (Å²) in [5.41, 5.74) is 9.69. The number of ether oxygens (including phenoxy) is 1. The second-order valence-corrected chi connectivity index (χ2v) is 6.78. The fraction of sp³-hybridized carbons (Fsp3) is 0.304. The zero-order valence-corrected chi connectivity index (χ0v) is 16.8. The molecule has 0 aliphatic heterocycles. The van der Waals surface area contributed by atoms with Crippen LogP contribution in [0.25, 0.3) is 11.1 Å². The van der Waals surface area contributed by atoms with Crippen LogP contribution in [0.1, 0.15) is 47.1 Å². The summed E-state index contributed by atoms with van der Waals surface area (Å²) in [5, 5.41) is 9.68. The van der Waals surface area contributed by atoms with Crippen molar-refractivity contribution in [3.63, 3.8) is 0 Å². The molecule has 4 N–H and O–H groups in total. The van der Waals surface area contributed by atoms with Crippen LogP contribution in [-0.2, 0) is 12.8 Å². The third-order valence-electron chi connectivity index (χ3n) is 4.95. The Morgan fingerprint density at radius 2 is 2.00 bits per heavy atom. The van der Waals surface area contributed by atoms with Gasteiger partial charge in [-0.15, -0.1) is 0 Å². The molecule has 0 aliphatic carbocycles. The maximum absolute atomic E-state index is 13.4. The summed E-state index contributed by atoms with van der Waals surface area (Å²) in [6, 6.07) is 10.3. The number of imidazole rings is 1. The number of unbranched alkanes of at least 4 members (excludes halogenated alkanes) is 1. The lowest BCUT2D eigenvalue weighted by atomic mass is 9.85. The molecule has 1 heterocycles. The average Bonchev–Trinajstić information content (AvgIpc) is 3.28. The summed E-state index contributed by atoms with van der Waals surface area (Å²) in [4.78, 5) is 20.5. The van der Waals surface area contributed by atoms with Gasteiger partial charge in [-0.2, -0.15) is 0 Å². The molecule has 0 saturated carbocycles. The summed E-state index contributed by atoms with van der Waals surface area (Å²) in [6.07, 6.45) is 6.23. The number of nitrogens with two attached hydrogens (primary N) is 1. The van der Waals surface area contributed by atoms with E-state index < -0.39 is 0 Å². The van der Waals surface area contributed by atoms with Crippen molar-refractivity contribution < 1.29 is 14.6 Å². The lowest BCUT2D eigenvalue weighted by Gasteiger charge is -2.20. The van der Waals surface area contributed by atoms with Gasteiger partial charge in [-0.25, -0.2) is 4.98 Å². The molecule has 0 amide bonds. The maximum atomic E-state index is 13.4. The van der Waals surface area contributed by atoms with Gasteiger partial charge in [-0.05, 0) is 61.1 Å². The van der Waals surface area contributed by atoms with Gasteiger partial charge in [0.05, 0.1) is 7.11 Å². The number of hydrogen-bond donors (Lipinski definition) is 3. The Kier molecular flexibility index (Phi) is 6.67. The highest BCUT2D eigenvalue weighted by Crippen LogP contribution is 2.37. The molecular formula is C23H26N3O3. The topological polar surface area (TPSA) is 101 Å². The molecule has 6 heteroatoms. The van der Waals surface area contributed by atoms with Crippen LogP contribution < -0.4 is 10.5 Å². The van der Waals surface area contributed by atoms with Crippen LogP contribution in [0.5, 0.6) is 11.5 Å². The number of phenols is 1. The Morgan fingerprint density at radius 3 is 2.59 bits per heavy atom. The fourth-order valence-electron chi connectivity index (χ4n) is 3.55. The minimum absolute atomic E-state index is 0.165. The molecule has 1 aromatic heterocycles. The van der Waals surface area contributed by atoms with Gasteiger partial charge in [0.2, 0.25) is 5.78 Å². The standard InChI is InChI=1S/C23H26N3O3/c1-3-17-20(29-2)14-19(15-7-9-16(27)10-8-15)18(6-4-5-11-24)21(17)22(28)23-25-12-13-26-23/h7-10,12-13,27H,3-6,11,24H2,1-2H3,(H,25,26). The van der Waals surface area contributed by atoms with E-state index in [4.69, 9.17) is 10.5 Å². The molecule has 0 saturated heterocycles. The van der Waals surface area contributed by atoms with Crippen molar-refractivity contribution in [1.82, 2.24) is 9.97 Å². The molecule has 29 heavy (non-hydrogen) atoms. The first-order valence-corrected chi connectivity index (χ1v) is 9.79. The van der Waals surface area contributed by atoms with Crippen LogP contribution in [0.15, 0.2) is 36.7 Å². The van der Waals surface area contributed by atoms with Gasteiger partial charge >= 0.3 is 0 Å². The predicted molar refractivity (Wildman–Crippen MR) is 112 cm³/mol. The van der Waals surface area contributed by atoms with Gasteiger partial charge in [-0.3, -0.25) is 4.79 Å². The molecule has 0 unspecified atom stereocenters. The number of phenolic OH excluding ortho intramolecular Hbond substituents is 1. The number of aromatic hydroxyl groups is 1. The van der Waals surface area contributed by atoms with E-state index in [9.17, 15) is 9.90 Å². The molecule has 6 nitrogen and oxygen atoms in total. The predicted octanol–water partition coefficient (Wildman–Crippen LogP) is 3.67. The Hall–Kier alpha value is -3.12. The number of aromatic nitrogens is 2. The second kappa shape index (κ2) is 9.39. The number of carbonyl (C=O) groups is 1. The van der Waals surface area contributed by atoms with Gasteiger partial charge in [0, 0.05) is 29.6 Å². The Balaban J connectivity index is 2.27. The Labute approximate surface area is 170 Å². The molecule has 0 bridgehead atoms. The monoisotopic (exact) mass is 392 g/mol. The molecule has 0 spiro atoms. The molecule has 2 aromatic carbocycles. The first-order chi connectivity index (χ1) is 14.1. The Morgan fingerprint density at radius 1 is 1.24 bits per heavy atom. The lowest BCUT2D eigenvalue weighted by molar-refractivity contribution is 0.102. The van der Waals surface area contributed by atoms with Gasteiger partial charge < -0.3 is 20.6 Å². The minimum atomic E-state index is -0.165. The van der Waals surface area contributed by atoms with Gasteiger partial charge in [0.1, 0.15) is 11.5 Å². The number of aromatic amines is 1. The summed E-state index contributed by atoms with van der Waals surface area (Å²) < 4.78 is 5.60. The molecule has 3 aromatic rings. The summed E-state index contributed by atoms with van der Waals surface area (Å²) >= 11 is 0. The number of nitrogens with one attached hydrogen (secondary N) is 1. The maximum Gasteiger partial charge on any atom is 0.228 e. The number of H-pyrrole nitrogens is 1. The lowest BCUT2D eigenvalue weighted by Crippen LogP contribution is -2.14. The van der Waals surface area contributed by atoms with E-state index in [-0.39, 0.29) is 11.5 Å². The van der Waals surface area contributed by atoms with Crippen molar-refractivity contribution in [1.29, 1.82) is 0 Å². The number of hydrogen-bond acceptors (Lipinski definition) is 5. The van der Waals surface area contributed by atoms with Crippen molar-refractivity contribution >= 4 is 5.78 Å². The van der Waals surface area contributed by atoms with Crippen molar-refractivity contribution in [2.24, 2.45) is 5.73 Å². The normalized spacial score (nSPS) is 10.9. The number of benzene rings is 2. The van der Waals surface area contributed by atoms with Crippen LogP contribution in [0.4, 0.5) is 0 Å². The SMILES string of the molecule is CCc1c(OC)[c]c(-c2ccc(O)cc2)c(CCCCN)c1C(=O)c1ncc[nH]1. The highest BCUT2D eigenvalue weighted by atomic mass is 16.5. The molecule has 151 valence electrons. The number of ketones is 1. The van der Waals surface area contributed by atoms with Gasteiger partial charge in [0.25, 0.3) is 0 Å². The largest absolute Gasteiger partial charge is 0.508 e. The molecule has 3 rings (SSSR count). The smallest absolute Gasteiger partial charge is 0.228 e. The minimum Gasteiger partial charge on any atom is -0.508 e. The first-order valence-electron chi connectivity index (χ1n) is 9.79. The van der Waals surface area contributed by atoms with Crippen LogP contribution in [-0.4, -0.2) is 34.5 Å². The summed E-state index contributed by atoms with van der Waals surface area (Å²) in [5.74, 6) is 0.863. The summed E-state index contributed by atoms with van der Waals surface area (Å²) in [7, 11) is 1.58. The molecule has 1 radical (unpaired) electrons. The zero-order chi connectivity index (χ0) is 20.8. The van der Waals surface area contributed by atoms with Crippen molar-refractivity contribution in [2.75, 3.05) is 13.7 Å². The Bertz CT molecular complexity index is 964. The molecule has 0 atom stereocenters. The number of nitrogens with zero attached hydrogens (tertiary/aromatic N) is 1. The van der Waals surface area contributed by atoms with Crippen LogP contribution in [0, 0.1) is 6.07 Å². The number of methoxy groups -OCH3 is 1. The van der Waals surface area contributed by atoms with Crippen LogP contribution in [0.3, 0.4) is 0 Å². The van der Waals surface area contributed by atoms with E-state index in [1.54, 1.807) is 31.6 Å². The molecule has 0 fully saturated rings. The quantitative estimate of drug-likeness (QED) is 0.381. The second-order valence-electron chi connectivity index (χ2n) is 6.78. The third kappa shape index (κ3) is 4.32. The van der Waals surface area contributed by atoms with E-state index >= 15 is 0 Å². The van der Waals surface area contributed by atoms with E-state index in [1.807, 2.05) is 19.1 Å². The van der Waals surface area contributed by atoms with E-state index in [0.29, 0.717) is 36.5 Å². The van der Waals surface area contributed by atoms with Crippen molar-refractivity contribution in [2.45, 2.75) is 32.6 Å². The van der Waals surface area contributed by atoms with Crippen LogP contribution >= 0.6 is 0 Å². The van der Waals surface area contributed by atoms with E-state index in [1.165, 1.54) is 0 Å². The number of carbonyl (C=O) groups excluding carboxylic acids is 1. The zero-order valence-electron chi connectivity index (χ0n) is 16.8. The van der Waals surface area contributed by atoms with Gasteiger partial charge in [-0.1, -0.05) is 19.1 Å². The van der Waals surface area contributed by atoms with Crippen molar-refractivity contribution in [3.8, 4) is 22.6 Å². The van der Waals surface area contributed by atoms with Gasteiger partial charge in [0.15, 0.2) is 5.82 Å². The van der Waals surface area contributed by atoms with E-state index in [2.05, 4.69) is 16.0 Å². The van der Waals surface area contributed by atoms with E-state index in [0.717, 1.165) is 35.1 Å². The van der Waals surface area contributed by atoms with Crippen molar-refractivity contribution in [3.05, 3.63) is 65.2 Å². The average molecular weight is 392 g/mol. The highest BCUT2D eigenvalue weighted by molar-refractivity contribution is 6.10. The van der Waals surface area contributed by atoms with Crippen LogP contribution in [0.2, 0.25) is 0 Å². The molecular weight excluding hydrogens is 366 g/mol. The number of rotatable bonds is 9.